The largest absolute Gasteiger partial charge is 0.462 e. The van der Waals surface area contributed by atoms with Gasteiger partial charge in [-0.1, -0.05) is 0 Å². The fourth-order valence-electron chi connectivity index (χ4n) is 2.12. The van der Waals surface area contributed by atoms with Gasteiger partial charge in [-0.15, -0.1) is 11.3 Å². The summed E-state index contributed by atoms with van der Waals surface area (Å²) < 4.78 is 5.06. The molecule has 0 fully saturated rings. The predicted molar refractivity (Wildman–Crippen MR) is 61.7 cm³/mol. The van der Waals surface area contributed by atoms with E-state index in [1.54, 1.807) is 11.3 Å². The number of thiophene rings is 1. The minimum absolute atomic E-state index is 0.144. The van der Waals surface area contributed by atoms with E-state index in [0.717, 1.165) is 23.3 Å². The van der Waals surface area contributed by atoms with Gasteiger partial charge in [0.1, 0.15) is 4.88 Å². The number of carbonyl (C=O) groups is 1. The summed E-state index contributed by atoms with van der Waals surface area (Å²) in [6, 6.07) is 0. The monoisotopic (exact) mass is 224 g/mol. The molecule has 1 aromatic rings. The summed E-state index contributed by atoms with van der Waals surface area (Å²) in [7, 11) is 0. The molecule has 0 aliphatic heterocycles. The summed E-state index contributed by atoms with van der Waals surface area (Å²) in [6.45, 7) is 4.36. The Morgan fingerprint density at radius 3 is 2.80 bits per heavy atom. The third-order valence-electron chi connectivity index (χ3n) is 2.90. The molecule has 3 heteroatoms. The fourth-order valence-corrected chi connectivity index (χ4v) is 3.40. The molecule has 0 N–H and O–H groups in total. The first-order valence-corrected chi connectivity index (χ1v) is 6.34. The Kier molecular flexibility index (Phi) is 3.10. The average Bonchev–Trinajstić information content (AvgIpc) is 2.57. The van der Waals surface area contributed by atoms with E-state index in [0.29, 0.717) is 6.61 Å². The van der Waals surface area contributed by atoms with E-state index < -0.39 is 0 Å². The maximum atomic E-state index is 11.7. The molecule has 0 atom stereocenters. The second kappa shape index (κ2) is 4.35. The minimum atomic E-state index is -0.144. The summed E-state index contributed by atoms with van der Waals surface area (Å²) in [6.07, 6.45) is 4.79. The third kappa shape index (κ3) is 1.93. The van der Waals surface area contributed by atoms with Crippen LogP contribution in [0, 0.1) is 6.92 Å². The lowest BCUT2D eigenvalue weighted by Crippen LogP contribution is -2.04. The van der Waals surface area contributed by atoms with Crippen molar-refractivity contribution in [2.24, 2.45) is 0 Å². The summed E-state index contributed by atoms with van der Waals surface area (Å²) in [4.78, 5) is 13.9. The Labute approximate surface area is 94.3 Å². The van der Waals surface area contributed by atoms with Crippen LogP contribution in [0.3, 0.4) is 0 Å². The Bertz CT molecular complexity index is 379. The number of rotatable bonds is 2. The molecule has 1 aromatic heterocycles. The van der Waals surface area contributed by atoms with Gasteiger partial charge >= 0.3 is 5.97 Å². The van der Waals surface area contributed by atoms with Crippen molar-refractivity contribution >= 4 is 17.3 Å². The lowest BCUT2D eigenvalue weighted by molar-refractivity contribution is 0.0531. The molecule has 0 amide bonds. The molecule has 0 spiro atoms. The highest BCUT2D eigenvalue weighted by Gasteiger charge is 2.22. The minimum Gasteiger partial charge on any atom is -0.462 e. The van der Waals surface area contributed by atoms with Crippen LogP contribution in [-0.4, -0.2) is 12.6 Å². The molecular formula is C12H16O2S. The van der Waals surface area contributed by atoms with Gasteiger partial charge in [-0.2, -0.15) is 0 Å². The molecule has 0 aromatic carbocycles. The Morgan fingerprint density at radius 2 is 2.13 bits per heavy atom. The zero-order valence-electron chi connectivity index (χ0n) is 9.26. The highest BCUT2D eigenvalue weighted by atomic mass is 32.1. The van der Waals surface area contributed by atoms with Crippen molar-refractivity contribution in [1.82, 2.24) is 0 Å². The number of hydrogen-bond donors (Lipinski definition) is 0. The van der Waals surface area contributed by atoms with E-state index in [1.165, 1.54) is 23.3 Å². The van der Waals surface area contributed by atoms with Gasteiger partial charge in [0.15, 0.2) is 0 Å². The summed E-state index contributed by atoms with van der Waals surface area (Å²) >= 11 is 1.64. The highest BCUT2D eigenvalue weighted by molar-refractivity contribution is 7.14. The summed E-state index contributed by atoms with van der Waals surface area (Å²) in [5.74, 6) is -0.144. The first-order valence-electron chi connectivity index (χ1n) is 5.52. The second-order valence-electron chi connectivity index (χ2n) is 3.89. The van der Waals surface area contributed by atoms with Gasteiger partial charge < -0.3 is 4.74 Å². The van der Waals surface area contributed by atoms with Gasteiger partial charge in [-0.05, 0) is 50.7 Å². The van der Waals surface area contributed by atoms with Gasteiger partial charge in [0.2, 0.25) is 0 Å². The highest BCUT2D eigenvalue weighted by Crippen LogP contribution is 2.34. The Balaban J connectivity index is 2.32. The number of hydrogen-bond acceptors (Lipinski definition) is 3. The SMILES string of the molecule is CCOC(=O)c1sc2c(c1C)CCCC2. The zero-order chi connectivity index (χ0) is 10.8. The van der Waals surface area contributed by atoms with Crippen molar-refractivity contribution in [1.29, 1.82) is 0 Å². The average molecular weight is 224 g/mol. The topological polar surface area (TPSA) is 26.3 Å². The normalized spacial score (nSPS) is 14.8. The van der Waals surface area contributed by atoms with Crippen LogP contribution in [0.4, 0.5) is 0 Å². The van der Waals surface area contributed by atoms with Gasteiger partial charge in [-0.3, -0.25) is 0 Å². The van der Waals surface area contributed by atoms with E-state index in [4.69, 9.17) is 4.74 Å². The van der Waals surface area contributed by atoms with Crippen LogP contribution in [0.25, 0.3) is 0 Å². The first kappa shape index (κ1) is 10.7. The van der Waals surface area contributed by atoms with E-state index >= 15 is 0 Å². The zero-order valence-corrected chi connectivity index (χ0v) is 10.1. The molecule has 1 heterocycles. The third-order valence-corrected chi connectivity index (χ3v) is 4.27. The van der Waals surface area contributed by atoms with Crippen LogP contribution in [-0.2, 0) is 17.6 Å². The standard InChI is InChI=1S/C12H16O2S/c1-3-14-12(13)11-8(2)9-6-4-5-7-10(9)15-11/h3-7H2,1-2H3. The fraction of sp³-hybridized carbons (Fsp3) is 0.583. The van der Waals surface area contributed by atoms with Gasteiger partial charge in [0, 0.05) is 4.88 Å². The number of ether oxygens (including phenoxy) is 1. The number of carbonyl (C=O) groups excluding carboxylic acids is 1. The number of fused-ring (bicyclic) bond motifs is 1. The van der Waals surface area contributed by atoms with Crippen molar-refractivity contribution < 1.29 is 9.53 Å². The first-order chi connectivity index (χ1) is 7.24. The quantitative estimate of drug-likeness (QED) is 0.721. The molecule has 0 unspecified atom stereocenters. The van der Waals surface area contributed by atoms with Crippen molar-refractivity contribution in [2.45, 2.75) is 39.5 Å². The van der Waals surface area contributed by atoms with Crippen molar-refractivity contribution in [3.8, 4) is 0 Å². The van der Waals surface area contributed by atoms with Crippen molar-refractivity contribution in [3.63, 3.8) is 0 Å². The van der Waals surface area contributed by atoms with Crippen molar-refractivity contribution in [3.05, 3.63) is 20.9 Å². The van der Waals surface area contributed by atoms with Gasteiger partial charge in [-0.25, -0.2) is 4.79 Å². The molecule has 0 saturated heterocycles. The smallest absolute Gasteiger partial charge is 0.348 e. The van der Waals surface area contributed by atoms with Crippen LogP contribution in [0.15, 0.2) is 0 Å². The molecule has 2 nitrogen and oxygen atoms in total. The van der Waals surface area contributed by atoms with Crippen molar-refractivity contribution in [2.75, 3.05) is 6.61 Å². The van der Waals surface area contributed by atoms with E-state index in [2.05, 4.69) is 0 Å². The van der Waals surface area contributed by atoms with Gasteiger partial charge in [0.05, 0.1) is 6.61 Å². The molecule has 1 aliphatic carbocycles. The van der Waals surface area contributed by atoms with E-state index in [-0.39, 0.29) is 5.97 Å². The predicted octanol–water partition coefficient (Wildman–Crippen LogP) is 3.11. The summed E-state index contributed by atoms with van der Waals surface area (Å²) in [5, 5.41) is 0. The lowest BCUT2D eigenvalue weighted by Gasteiger charge is -2.10. The van der Waals surface area contributed by atoms with E-state index in [1.807, 2.05) is 13.8 Å². The molecule has 0 radical (unpaired) electrons. The molecule has 82 valence electrons. The summed E-state index contributed by atoms with van der Waals surface area (Å²) in [5.41, 5.74) is 2.57. The van der Waals surface area contributed by atoms with Crippen LogP contribution in [0.1, 0.15) is 45.4 Å². The second-order valence-corrected chi connectivity index (χ2v) is 4.99. The molecule has 15 heavy (non-hydrogen) atoms. The van der Waals surface area contributed by atoms with Crippen LogP contribution in [0.2, 0.25) is 0 Å². The Morgan fingerprint density at radius 1 is 1.40 bits per heavy atom. The molecule has 1 aliphatic rings. The van der Waals surface area contributed by atoms with Gasteiger partial charge in [0.25, 0.3) is 0 Å². The van der Waals surface area contributed by atoms with Crippen LogP contribution in [0.5, 0.6) is 0 Å². The Hall–Kier alpha value is -0.830. The molecular weight excluding hydrogens is 208 g/mol. The number of esters is 1. The molecule has 2 rings (SSSR count). The van der Waals surface area contributed by atoms with Crippen LogP contribution < -0.4 is 0 Å². The molecule has 0 bridgehead atoms. The number of aryl methyl sites for hydroxylation is 1. The maximum Gasteiger partial charge on any atom is 0.348 e. The van der Waals surface area contributed by atoms with E-state index in [9.17, 15) is 4.79 Å². The molecule has 0 saturated carbocycles. The van der Waals surface area contributed by atoms with Crippen LogP contribution >= 0.6 is 11.3 Å². The lowest BCUT2D eigenvalue weighted by atomic mass is 9.95. The maximum absolute atomic E-state index is 11.7.